The zero-order valence-corrected chi connectivity index (χ0v) is 12.9. The highest BCUT2D eigenvalue weighted by Gasteiger charge is 2.21. The third-order valence-electron chi connectivity index (χ3n) is 3.72. The van der Waals surface area contributed by atoms with E-state index in [2.05, 4.69) is 22.5 Å². The molecule has 0 bridgehead atoms. The molecular formula is C17H21N3O3. The van der Waals surface area contributed by atoms with Crippen molar-refractivity contribution in [3.05, 3.63) is 42.5 Å². The lowest BCUT2D eigenvalue weighted by Gasteiger charge is -2.14. The van der Waals surface area contributed by atoms with Gasteiger partial charge in [0.2, 0.25) is 0 Å². The predicted molar refractivity (Wildman–Crippen MR) is 88.0 cm³/mol. The van der Waals surface area contributed by atoms with Gasteiger partial charge in [-0.3, -0.25) is 14.4 Å². The van der Waals surface area contributed by atoms with E-state index in [9.17, 15) is 14.4 Å². The Balaban J connectivity index is 2.04. The number of hydrogen-bond donors (Lipinski definition) is 3. The van der Waals surface area contributed by atoms with E-state index in [1.54, 1.807) is 24.3 Å². The molecule has 1 aromatic carbocycles. The number of benzene rings is 1. The molecule has 23 heavy (non-hydrogen) atoms. The Bertz CT molecular complexity index is 607. The van der Waals surface area contributed by atoms with Crippen LogP contribution >= 0.6 is 0 Å². The van der Waals surface area contributed by atoms with Crippen molar-refractivity contribution in [3.8, 4) is 0 Å². The fraction of sp³-hybridized carbons (Fsp3) is 0.353. The number of anilines is 1. The van der Waals surface area contributed by atoms with E-state index in [1.165, 1.54) is 6.08 Å². The summed E-state index contributed by atoms with van der Waals surface area (Å²) in [6, 6.07) is 6.83. The van der Waals surface area contributed by atoms with Crippen LogP contribution in [-0.2, 0) is 9.59 Å². The Kier molecular flexibility index (Phi) is 5.91. The molecule has 0 atom stereocenters. The average molecular weight is 315 g/mol. The summed E-state index contributed by atoms with van der Waals surface area (Å²) in [4.78, 5) is 35.8. The minimum Gasteiger partial charge on any atom is -0.349 e. The van der Waals surface area contributed by atoms with Gasteiger partial charge < -0.3 is 16.0 Å². The lowest BCUT2D eigenvalue weighted by Crippen LogP contribution is -2.37. The van der Waals surface area contributed by atoms with Crippen molar-refractivity contribution in [1.29, 1.82) is 0 Å². The third-order valence-corrected chi connectivity index (χ3v) is 3.72. The van der Waals surface area contributed by atoms with Crippen LogP contribution in [0.2, 0.25) is 0 Å². The third kappa shape index (κ3) is 4.67. The molecule has 0 spiro atoms. The normalized spacial score (nSPS) is 14.1. The largest absolute Gasteiger partial charge is 0.349 e. The van der Waals surface area contributed by atoms with E-state index in [1.807, 2.05) is 0 Å². The van der Waals surface area contributed by atoms with Gasteiger partial charge in [-0.1, -0.05) is 31.1 Å². The van der Waals surface area contributed by atoms with E-state index in [4.69, 9.17) is 0 Å². The van der Waals surface area contributed by atoms with Gasteiger partial charge in [-0.2, -0.15) is 0 Å². The summed E-state index contributed by atoms with van der Waals surface area (Å²) in [6.07, 6.45) is 5.67. The second-order valence-corrected chi connectivity index (χ2v) is 5.45. The van der Waals surface area contributed by atoms with Gasteiger partial charge in [-0.15, -0.1) is 6.58 Å². The molecule has 6 nitrogen and oxygen atoms in total. The molecule has 122 valence electrons. The van der Waals surface area contributed by atoms with Gasteiger partial charge in [0.1, 0.15) is 0 Å². The quantitative estimate of drug-likeness (QED) is 0.570. The fourth-order valence-corrected chi connectivity index (χ4v) is 2.55. The van der Waals surface area contributed by atoms with Gasteiger partial charge in [-0.25, -0.2) is 0 Å². The van der Waals surface area contributed by atoms with Crippen LogP contribution in [0.25, 0.3) is 0 Å². The minimum absolute atomic E-state index is 0.183. The number of carbonyl (C=O) groups is 3. The Morgan fingerprint density at radius 1 is 1.13 bits per heavy atom. The predicted octanol–water partition coefficient (Wildman–Crippen LogP) is 1.60. The van der Waals surface area contributed by atoms with Crippen LogP contribution < -0.4 is 16.0 Å². The van der Waals surface area contributed by atoms with Crippen molar-refractivity contribution in [2.45, 2.75) is 31.7 Å². The number of carbonyl (C=O) groups excluding carboxylic acids is 3. The summed E-state index contributed by atoms with van der Waals surface area (Å²) in [5.74, 6) is -1.82. The van der Waals surface area contributed by atoms with E-state index >= 15 is 0 Å². The summed E-state index contributed by atoms with van der Waals surface area (Å²) in [5.41, 5.74) is 0.672. The highest BCUT2D eigenvalue weighted by molar-refractivity contribution is 6.40. The standard InChI is InChI=1S/C17H21N3O3/c1-2-11-18-16(22)17(23)20-14-10-6-5-9-13(14)15(21)19-12-7-3-4-8-12/h2,5-6,9-10,12H,1,3-4,7-8,11H2,(H,18,22)(H,19,21)(H,20,23). The maximum absolute atomic E-state index is 12.4. The zero-order valence-electron chi connectivity index (χ0n) is 12.9. The number of nitrogens with one attached hydrogen (secondary N) is 3. The Morgan fingerprint density at radius 2 is 1.83 bits per heavy atom. The molecule has 0 heterocycles. The van der Waals surface area contributed by atoms with Crippen molar-refractivity contribution >= 4 is 23.4 Å². The second kappa shape index (κ2) is 8.12. The van der Waals surface area contributed by atoms with Crippen molar-refractivity contribution in [2.24, 2.45) is 0 Å². The molecule has 0 saturated heterocycles. The molecule has 2 rings (SSSR count). The van der Waals surface area contributed by atoms with Gasteiger partial charge >= 0.3 is 11.8 Å². The number of para-hydroxylation sites is 1. The van der Waals surface area contributed by atoms with E-state index < -0.39 is 11.8 Å². The van der Waals surface area contributed by atoms with E-state index in [-0.39, 0.29) is 18.5 Å². The number of rotatable bonds is 5. The molecule has 6 heteroatoms. The first-order valence-corrected chi connectivity index (χ1v) is 7.71. The van der Waals surface area contributed by atoms with Crippen LogP contribution in [0, 0.1) is 0 Å². The summed E-state index contributed by atoms with van der Waals surface area (Å²) in [7, 11) is 0. The Labute approximate surface area is 135 Å². The van der Waals surface area contributed by atoms with Gasteiger partial charge in [-0.05, 0) is 25.0 Å². The SMILES string of the molecule is C=CCNC(=O)C(=O)Nc1ccccc1C(=O)NC1CCCC1. The van der Waals surface area contributed by atoms with Crippen molar-refractivity contribution < 1.29 is 14.4 Å². The van der Waals surface area contributed by atoms with Crippen molar-refractivity contribution in [1.82, 2.24) is 10.6 Å². The molecular weight excluding hydrogens is 294 g/mol. The summed E-state index contributed by atoms with van der Waals surface area (Å²) < 4.78 is 0. The Morgan fingerprint density at radius 3 is 2.52 bits per heavy atom. The topological polar surface area (TPSA) is 87.3 Å². The molecule has 1 aliphatic rings. The van der Waals surface area contributed by atoms with Gasteiger partial charge in [0, 0.05) is 12.6 Å². The monoisotopic (exact) mass is 315 g/mol. The van der Waals surface area contributed by atoms with Crippen LogP contribution in [0.5, 0.6) is 0 Å². The molecule has 1 saturated carbocycles. The first-order chi connectivity index (χ1) is 11.1. The molecule has 0 unspecified atom stereocenters. The molecule has 0 aromatic heterocycles. The van der Waals surface area contributed by atoms with E-state index in [0.717, 1.165) is 25.7 Å². The maximum atomic E-state index is 12.4. The van der Waals surface area contributed by atoms with Gasteiger partial charge in [0.05, 0.1) is 11.3 Å². The number of amides is 3. The van der Waals surface area contributed by atoms with Crippen molar-refractivity contribution in [3.63, 3.8) is 0 Å². The van der Waals surface area contributed by atoms with Crippen LogP contribution in [0.4, 0.5) is 5.69 Å². The van der Waals surface area contributed by atoms with E-state index in [0.29, 0.717) is 11.3 Å². The highest BCUT2D eigenvalue weighted by Crippen LogP contribution is 2.20. The zero-order chi connectivity index (χ0) is 16.7. The number of hydrogen-bond acceptors (Lipinski definition) is 3. The first kappa shape index (κ1) is 16.7. The maximum Gasteiger partial charge on any atom is 0.313 e. The molecule has 1 aliphatic carbocycles. The fourth-order valence-electron chi connectivity index (χ4n) is 2.55. The lowest BCUT2D eigenvalue weighted by molar-refractivity contribution is -0.136. The van der Waals surface area contributed by atoms with Crippen LogP contribution in [0.3, 0.4) is 0 Å². The first-order valence-electron chi connectivity index (χ1n) is 7.71. The van der Waals surface area contributed by atoms with Gasteiger partial charge in [0.25, 0.3) is 5.91 Å². The van der Waals surface area contributed by atoms with Crippen LogP contribution in [-0.4, -0.2) is 30.3 Å². The van der Waals surface area contributed by atoms with Crippen LogP contribution in [0.1, 0.15) is 36.0 Å². The Hall–Kier alpha value is -2.63. The van der Waals surface area contributed by atoms with Crippen LogP contribution in [0.15, 0.2) is 36.9 Å². The minimum atomic E-state index is -0.812. The molecule has 1 aromatic rings. The molecule has 0 aliphatic heterocycles. The van der Waals surface area contributed by atoms with Gasteiger partial charge in [0.15, 0.2) is 0 Å². The molecule has 3 N–H and O–H groups in total. The lowest BCUT2D eigenvalue weighted by atomic mass is 10.1. The molecule has 0 radical (unpaired) electrons. The summed E-state index contributed by atoms with van der Waals surface area (Å²) in [6.45, 7) is 3.67. The summed E-state index contributed by atoms with van der Waals surface area (Å²) >= 11 is 0. The summed E-state index contributed by atoms with van der Waals surface area (Å²) in [5, 5.41) is 7.84. The molecule has 1 fully saturated rings. The molecule has 3 amide bonds. The average Bonchev–Trinajstić information content (AvgIpc) is 3.05. The van der Waals surface area contributed by atoms with Crippen molar-refractivity contribution in [2.75, 3.05) is 11.9 Å². The second-order valence-electron chi connectivity index (χ2n) is 5.45. The smallest absolute Gasteiger partial charge is 0.313 e. The highest BCUT2D eigenvalue weighted by atomic mass is 16.2.